The number of methoxy groups -OCH3 is 1. The summed E-state index contributed by atoms with van der Waals surface area (Å²) in [6.07, 6.45) is 4.86. The highest BCUT2D eigenvalue weighted by Gasteiger charge is 2.30. The van der Waals surface area contributed by atoms with E-state index < -0.39 is 0 Å². The molecule has 0 aliphatic carbocycles. The van der Waals surface area contributed by atoms with Crippen LogP contribution in [0.2, 0.25) is 0 Å². The van der Waals surface area contributed by atoms with Crippen molar-refractivity contribution in [1.29, 1.82) is 0 Å². The Bertz CT molecular complexity index is 133. The molecule has 1 atom stereocenters. The molecule has 0 aromatic heterocycles. The van der Waals surface area contributed by atoms with Crippen LogP contribution in [0.4, 0.5) is 0 Å². The van der Waals surface area contributed by atoms with Crippen molar-refractivity contribution >= 4 is 15.9 Å². The molecule has 1 saturated heterocycles. The third-order valence-corrected chi connectivity index (χ3v) is 3.93. The number of hydrogen-bond acceptors (Lipinski definition) is 2. The molecule has 1 aliphatic rings. The van der Waals surface area contributed by atoms with Gasteiger partial charge in [0.1, 0.15) is 0 Å². The van der Waals surface area contributed by atoms with E-state index in [1.54, 1.807) is 7.11 Å². The third-order valence-electron chi connectivity index (χ3n) is 2.74. The Hall–Kier alpha value is 0.400. The zero-order valence-corrected chi connectivity index (χ0v) is 9.94. The highest BCUT2D eigenvalue weighted by molar-refractivity contribution is 9.09. The molecule has 0 saturated carbocycles. The molecule has 1 rings (SSSR count). The van der Waals surface area contributed by atoms with E-state index in [2.05, 4.69) is 15.9 Å². The average molecular weight is 251 g/mol. The molecule has 1 fully saturated rings. The fraction of sp³-hybridized carbons (Fsp3) is 1.00. The average Bonchev–Trinajstić information content (AvgIpc) is 2.20. The lowest BCUT2D eigenvalue weighted by molar-refractivity contribution is -0.00246. The topological polar surface area (TPSA) is 18.5 Å². The standard InChI is InChI=1S/C10H19BrO2/c1-12-6-2-4-10(8-11)5-3-7-13-9-10/h2-9H2,1H3. The van der Waals surface area contributed by atoms with Gasteiger partial charge in [0.15, 0.2) is 0 Å². The molecule has 0 aromatic rings. The molecule has 1 heterocycles. The number of hydrogen-bond donors (Lipinski definition) is 0. The minimum absolute atomic E-state index is 0.386. The molecule has 0 N–H and O–H groups in total. The van der Waals surface area contributed by atoms with Crippen molar-refractivity contribution < 1.29 is 9.47 Å². The molecule has 2 nitrogen and oxygen atoms in total. The van der Waals surface area contributed by atoms with E-state index in [9.17, 15) is 0 Å². The Kier molecular flexibility index (Phi) is 5.29. The second-order valence-corrected chi connectivity index (χ2v) is 4.45. The second kappa shape index (κ2) is 5.99. The van der Waals surface area contributed by atoms with Gasteiger partial charge in [0.2, 0.25) is 0 Å². The Morgan fingerprint density at radius 3 is 2.92 bits per heavy atom. The minimum Gasteiger partial charge on any atom is -0.385 e. The van der Waals surface area contributed by atoms with E-state index in [4.69, 9.17) is 9.47 Å². The van der Waals surface area contributed by atoms with Crippen molar-refractivity contribution in [3.8, 4) is 0 Å². The van der Waals surface area contributed by atoms with Gasteiger partial charge < -0.3 is 9.47 Å². The van der Waals surface area contributed by atoms with Gasteiger partial charge in [-0.05, 0) is 25.7 Å². The first-order valence-electron chi connectivity index (χ1n) is 4.96. The first-order chi connectivity index (χ1) is 6.33. The van der Waals surface area contributed by atoms with Crippen LogP contribution in [0.1, 0.15) is 25.7 Å². The van der Waals surface area contributed by atoms with Crippen LogP contribution >= 0.6 is 15.9 Å². The van der Waals surface area contributed by atoms with E-state index in [0.717, 1.165) is 31.6 Å². The normalized spacial score (nSPS) is 29.1. The van der Waals surface area contributed by atoms with Crippen LogP contribution in [0.25, 0.3) is 0 Å². The Morgan fingerprint density at radius 2 is 2.38 bits per heavy atom. The molecular formula is C10H19BrO2. The Labute approximate surface area is 89.1 Å². The molecule has 1 aliphatic heterocycles. The molecular weight excluding hydrogens is 232 g/mol. The maximum atomic E-state index is 5.54. The van der Waals surface area contributed by atoms with Crippen LogP contribution in [0.15, 0.2) is 0 Å². The summed E-state index contributed by atoms with van der Waals surface area (Å²) in [5.41, 5.74) is 0.386. The van der Waals surface area contributed by atoms with Gasteiger partial charge in [-0.2, -0.15) is 0 Å². The highest BCUT2D eigenvalue weighted by Crippen LogP contribution is 2.35. The summed E-state index contributed by atoms with van der Waals surface area (Å²) in [4.78, 5) is 0. The van der Waals surface area contributed by atoms with Crippen molar-refractivity contribution in [2.75, 3.05) is 32.3 Å². The lowest BCUT2D eigenvalue weighted by Gasteiger charge is -2.35. The van der Waals surface area contributed by atoms with Gasteiger partial charge in [-0.15, -0.1) is 0 Å². The lowest BCUT2D eigenvalue weighted by atomic mass is 9.80. The fourth-order valence-electron chi connectivity index (χ4n) is 1.87. The Balaban J connectivity index is 2.29. The maximum absolute atomic E-state index is 5.54. The van der Waals surface area contributed by atoms with E-state index in [1.807, 2.05) is 0 Å². The monoisotopic (exact) mass is 250 g/mol. The summed E-state index contributed by atoms with van der Waals surface area (Å²) in [6.45, 7) is 2.73. The highest BCUT2D eigenvalue weighted by atomic mass is 79.9. The molecule has 0 bridgehead atoms. The van der Waals surface area contributed by atoms with Crippen molar-refractivity contribution in [2.24, 2.45) is 5.41 Å². The minimum atomic E-state index is 0.386. The zero-order chi connectivity index (χ0) is 9.57. The van der Waals surface area contributed by atoms with Crippen LogP contribution in [-0.2, 0) is 9.47 Å². The van der Waals surface area contributed by atoms with Crippen LogP contribution < -0.4 is 0 Å². The lowest BCUT2D eigenvalue weighted by Crippen LogP contribution is -2.33. The second-order valence-electron chi connectivity index (χ2n) is 3.89. The largest absolute Gasteiger partial charge is 0.385 e. The fourth-order valence-corrected chi connectivity index (χ4v) is 2.59. The van der Waals surface area contributed by atoms with Crippen LogP contribution in [0, 0.1) is 5.41 Å². The van der Waals surface area contributed by atoms with Gasteiger partial charge in [0.05, 0.1) is 6.61 Å². The summed E-state index contributed by atoms with van der Waals surface area (Å²) in [5, 5.41) is 1.06. The molecule has 13 heavy (non-hydrogen) atoms. The third kappa shape index (κ3) is 3.56. The van der Waals surface area contributed by atoms with Crippen LogP contribution in [-0.4, -0.2) is 32.3 Å². The van der Waals surface area contributed by atoms with Crippen LogP contribution in [0.3, 0.4) is 0 Å². The zero-order valence-electron chi connectivity index (χ0n) is 8.35. The molecule has 1 unspecified atom stereocenters. The summed E-state index contributed by atoms with van der Waals surface area (Å²) >= 11 is 3.60. The van der Waals surface area contributed by atoms with E-state index in [-0.39, 0.29) is 0 Å². The van der Waals surface area contributed by atoms with Crippen molar-refractivity contribution in [2.45, 2.75) is 25.7 Å². The van der Waals surface area contributed by atoms with E-state index >= 15 is 0 Å². The van der Waals surface area contributed by atoms with Gasteiger partial charge in [-0.25, -0.2) is 0 Å². The quantitative estimate of drug-likeness (QED) is 0.552. The Morgan fingerprint density at radius 1 is 1.54 bits per heavy atom. The van der Waals surface area contributed by atoms with Crippen molar-refractivity contribution in [3.63, 3.8) is 0 Å². The van der Waals surface area contributed by atoms with Gasteiger partial charge in [-0.1, -0.05) is 15.9 Å². The number of alkyl halides is 1. The van der Waals surface area contributed by atoms with Gasteiger partial charge in [0, 0.05) is 31.1 Å². The van der Waals surface area contributed by atoms with Crippen molar-refractivity contribution in [3.05, 3.63) is 0 Å². The molecule has 0 radical (unpaired) electrons. The van der Waals surface area contributed by atoms with Crippen molar-refractivity contribution in [1.82, 2.24) is 0 Å². The molecule has 0 spiro atoms. The van der Waals surface area contributed by atoms with Gasteiger partial charge >= 0.3 is 0 Å². The smallest absolute Gasteiger partial charge is 0.0530 e. The van der Waals surface area contributed by atoms with E-state index in [0.29, 0.717) is 5.41 Å². The van der Waals surface area contributed by atoms with Crippen LogP contribution in [0.5, 0.6) is 0 Å². The molecule has 3 heteroatoms. The number of rotatable bonds is 5. The predicted octanol–water partition coefficient (Wildman–Crippen LogP) is 2.60. The SMILES string of the molecule is COCCCC1(CBr)CCCOC1. The number of halogens is 1. The first-order valence-corrected chi connectivity index (χ1v) is 6.08. The molecule has 78 valence electrons. The molecule has 0 aromatic carbocycles. The first kappa shape index (κ1) is 11.5. The number of ether oxygens (including phenoxy) is 2. The summed E-state index contributed by atoms with van der Waals surface area (Å²) in [5.74, 6) is 0. The van der Waals surface area contributed by atoms with E-state index in [1.165, 1.54) is 19.3 Å². The predicted molar refractivity (Wildman–Crippen MR) is 57.4 cm³/mol. The maximum Gasteiger partial charge on any atom is 0.0530 e. The molecule has 0 amide bonds. The summed E-state index contributed by atoms with van der Waals surface area (Å²) in [6, 6.07) is 0. The van der Waals surface area contributed by atoms with Gasteiger partial charge in [0.25, 0.3) is 0 Å². The van der Waals surface area contributed by atoms with Gasteiger partial charge in [-0.3, -0.25) is 0 Å². The summed E-state index contributed by atoms with van der Waals surface area (Å²) < 4.78 is 10.6. The summed E-state index contributed by atoms with van der Waals surface area (Å²) in [7, 11) is 1.76.